The standard InChI is InChI=1S/C25H26Cl2N2O5S.C24H24Cl2N2O5S/c1-25(2,3)8-7-17-14-20(22(35-17)24(32)33-4)29(15-21(30)28-9-11-34-12-10-28)23(31)18-6-5-16(26)13-19(18)27;1-24(2,3)7-6-16-13-19(21(34-16)23(31)32)28(14-20(29)27-8-10-33-11-9-27)22(30)17-5-4-15(25)12-18(17)26/h5-6,13-14H,9-12,15H2,1-4H3;4-5,12-13H,8-11,14H2,1-3H3,(H,31,32). The molecule has 14 nitrogen and oxygen atoms in total. The Hall–Kier alpha value is -5.14. The van der Waals surface area contributed by atoms with Crippen LogP contribution in [0.25, 0.3) is 0 Å². The molecule has 69 heavy (non-hydrogen) atoms. The van der Waals surface area contributed by atoms with Gasteiger partial charge in [0.05, 0.1) is 75.8 Å². The molecule has 4 heterocycles. The summed E-state index contributed by atoms with van der Waals surface area (Å²) in [5.74, 6) is 8.61. The fourth-order valence-corrected chi connectivity index (χ4v) is 9.19. The monoisotopic (exact) mass is 1060 g/mol. The molecule has 4 amide bonds. The summed E-state index contributed by atoms with van der Waals surface area (Å²) >= 11 is 26.6. The number of aromatic carboxylic acids is 1. The van der Waals surface area contributed by atoms with Gasteiger partial charge in [-0.2, -0.15) is 0 Å². The summed E-state index contributed by atoms with van der Waals surface area (Å²) in [6, 6.07) is 12.0. The predicted octanol–water partition coefficient (Wildman–Crippen LogP) is 9.40. The maximum atomic E-state index is 13.7. The molecule has 2 aliphatic heterocycles. The number of carbonyl (C=O) groups excluding carboxylic acids is 5. The number of rotatable bonds is 10. The molecule has 20 heteroatoms. The Bertz CT molecular complexity index is 2730. The van der Waals surface area contributed by atoms with Gasteiger partial charge in [-0.1, -0.05) is 70.1 Å². The van der Waals surface area contributed by atoms with E-state index in [0.717, 1.165) is 27.6 Å². The molecule has 2 aromatic carbocycles. The number of amides is 4. The van der Waals surface area contributed by atoms with Crippen LogP contribution < -0.4 is 9.80 Å². The van der Waals surface area contributed by atoms with Crippen molar-refractivity contribution >= 4 is 116 Å². The van der Waals surface area contributed by atoms with Gasteiger partial charge in [-0.3, -0.25) is 29.0 Å². The SMILES string of the molecule is CC(C)(C)C#Cc1cc(N(CC(=O)N2CCOCC2)C(=O)c2ccc(Cl)cc2Cl)c(C(=O)O)s1.COC(=O)c1sc(C#CC(C)(C)C)cc1N(CC(=O)N1CCOCC1)C(=O)c1ccc(Cl)cc1Cl. The molecular formula is C49H50Cl4N4O10S2. The third-order valence-electron chi connectivity index (χ3n) is 9.82. The first-order chi connectivity index (χ1) is 32.5. The molecule has 366 valence electrons. The van der Waals surface area contributed by atoms with Crippen molar-refractivity contribution in [2.24, 2.45) is 10.8 Å². The molecule has 2 aliphatic rings. The third-order valence-corrected chi connectivity index (χ3v) is 13.0. The second kappa shape index (κ2) is 24.1. The molecule has 2 aromatic heterocycles. The second-order valence-corrected chi connectivity index (χ2v) is 21.3. The number of carboxylic acid groups (broad SMARTS) is 1. The number of hydrogen-bond acceptors (Lipinski definition) is 11. The highest BCUT2D eigenvalue weighted by Crippen LogP contribution is 2.35. The van der Waals surface area contributed by atoms with E-state index < -0.39 is 23.8 Å². The third kappa shape index (κ3) is 15.4. The minimum atomic E-state index is -1.22. The Labute approximate surface area is 429 Å². The van der Waals surface area contributed by atoms with Gasteiger partial charge >= 0.3 is 11.9 Å². The second-order valence-electron chi connectivity index (χ2n) is 17.5. The van der Waals surface area contributed by atoms with Gasteiger partial charge in [0.25, 0.3) is 11.8 Å². The first kappa shape index (κ1) is 54.8. The van der Waals surface area contributed by atoms with Gasteiger partial charge < -0.3 is 29.1 Å². The van der Waals surface area contributed by atoms with Crippen LogP contribution in [-0.4, -0.2) is 123 Å². The lowest BCUT2D eigenvalue weighted by Gasteiger charge is -2.30. The van der Waals surface area contributed by atoms with Gasteiger partial charge in [-0.05, 0) is 90.1 Å². The van der Waals surface area contributed by atoms with Crippen LogP contribution in [0, 0.1) is 34.5 Å². The summed E-state index contributed by atoms with van der Waals surface area (Å²) in [5.41, 5.74) is 0.00680. The molecule has 0 atom stereocenters. The van der Waals surface area contributed by atoms with Crippen LogP contribution in [0.2, 0.25) is 20.1 Å². The first-order valence-corrected chi connectivity index (χ1v) is 24.5. The van der Waals surface area contributed by atoms with E-state index in [1.54, 1.807) is 15.9 Å². The van der Waals surface area contributed by atoms with Crippen LogP contribution in [0.1, 0.15) is 91.4 Å². The molecule has 4 aromatic rings. The van der Waals surface area contributed by atoms with E-state index in [1.165, 1.54) is 54.5 Å². The lowest BCUT2D eigenvalue weighted by Crippen LogP contribution is -2.47. The number of anilines is 2. The first-order valence-electron chi connectivity index (χ1n) is 21.4. The van der Waals surface area contributed by atoms with E-state index in [-0.39, 0.29) is 78.0 Å². The van der Waals surface area contributed by atoms with E-state index in [4.69, 9.17) is 60.6 Å². The average molecular weight is 1060 g/mol. The van der Waals surface area contributed by atoms with Gasteiger partial charge in [0, 0.05) is 47.1 Å². The van der Waals surface area contributed by atoms with Crippen molar-refractivity contribution in [3.05, 3.63) is 99.3 Å². The Balaban J connectivity index is 0.000000258. The number of thiophene rings is 2. The number of nitrogens with zero attached hydrogens (tertiary/aromatic N) is 4. The van der Waals surface area contributed by atoms with Gasteiger partial charge in [0.2, 0.25) is 11.8 Å². The van der Waals surface area contributed by atoms with Crippen LogP contribution in [0.3, 0.4) is 0 Å². The number of ether oxygens (including phenoxy) is 3. The van der Waals surface area contributed by atoms with E-state index in [1.807, 2.05) is 41.5 Å². The number of methoxy groups -OCH3 is 1. The van der Waals surface area contributed by atoms with Gasteiger partial charge in [0.1, 0.15) is 22.8 Å². The van der Waals surface area contributed by atoms with Crippen molar-refractivity contribution in [3.63, 3.8) is 0 Å². The molecule has 0 spiro atoms. The number of morpholine rings is 2. The summed E-state index contributed by atoms with van der Waals surface area (Å²) < 4.78 is 15.6. The maximum absolute atomic E-state index is 13.7. The highest BCUT2D eigenvalue weighted by molar-refractivity contribution is 7.15. The molecule has 2 saturated heterocycles. The van der Waals surface area contributed by atoms with Crippen LogP contribution in [0.4, 0.5) is 11.4 Å². The Kier molecular flexibility index (Phi) is 19.2. The molecule has 0 aliphatic carbocycles. The minimum absolute atomic E-state index is 0.0911. The van der Waals surface area contributed by atoms with E-state index >= 15 is 0 Å². The minimum Gasteiger partial charge on any atom is -0.477 e. The summed E-state index contributed by atoms with van der Waals surface area (Å²) in [4.78, 5) is 84.9. The van der Waals surface area contributed by atoms with Crippen molar-refractivity contribution < 1.29 is 48.1 Å². The molecule has 0 radical (unpaired) electrons. The van der Waals surface area contributed by atoms with Gasteiger partial charge in [-0.25, -0.2) is 9.59 Å². The maximum Gasteiger partial charge on any atom is 0.350 e. The van der Waals surface area contributed by atoms with Crippen LogP contribution in [0.5, 0.6) is 0 Å². The van der Waals surface area contributed by atoms with Crippen molar-refractivity contribution in [1.82, 2.24) is 9.80 Å². The highest BCUT2D eigenvalue weighted by Gasteiger charge is 2.33. The van der Waals surface area contributed by atoms with Crippen LogP contribution in [0.15, 0.2) is 48.5 Å². The lowest BCUT2D eigenvalue weighted by atomic mass is 9.98. The van der Waals surface area contributed by atoms with Crippen molar-refractivity contribution in [2.75, 3.05) is 82.6 Å². The number of esters is 1. The van der Waals surface area contributed by atoms with E-state index in [0.29, 0.717) is 72.4 Å². The van der Waals surface area contributed by atoms with E-state index in [9.17, 15) is 33.9 Å². The summed E-state index contributed by atoms with van der Waals surface area (Å²) in [6.07, 6.45) is 0. The Morgan fingerprint density at radius 3 is 1.36 bits per heavy atom. The topological polar surface area (TPSA) is 163 Å². The zero-order valence-corrected chi connectivity index (χ0v) is 43.6. The number of benzene rings is 2. The van der Waals surface area contributed by atoms with Crippen LogP contribution >= 0.6 is 69.1 Å². The molecular weight excluding hydrogens is 1010 g/mol. The summed E-state index contributed by atoms with van der Waals surface area (Å²) in [7, 11) is 1.26. The summed E-state index contributed by atoms with van der Waals surface area (Å²) in [6.45, 7) is 14.3. The van der Waals surface area contributed by atoms with Crippen molar-refractivity contribution in [2.45, 2.75) is 41.5 Å². The van der Waals surface area contributed by atoms with Crippen molar-refractivity contribution in [1.29, 1.82) is 0 Å². The van der Waals surface area contributed by atoms with E-state index in [2.05, 4.69) is 23.7 Å². The van der Waals surface area contributed by atoms with Gasteiger partial charge in [-0.15, -0.1) is 22.7 Å². The van der Waals surface area contributed by atoms with Crippen LogP contribution in [-0.2, 0) is 23.8 Å². The average Bonchev–Trinajstić information content (AvgIpc) is 3.93. The smallest absolute Gasteiger partial charge is 0.350 e. The predicted molar refractivity (Wildman–Crippen MR) is 271 cm³/mol. The fourth-order valence-electron chi connectivity index (χ4n) is 6.42. The number of carbonyl (C=O) groups is 6. The number of halogens is 4. The van der Waals surface area contributed by atoms with Gasteiger partial charge in [0.15, 0.2) is 0 Å². The largest absolute Gasteiger partial charge is 0.477 e. The number of carboxylic acids is 1. The molecule has 2 fully saturated rings. The summed E-state index contributed by atoms with van der Waals surface area (Å²) in [5, 5.41) is 10.8. The zero-order chi connectivity index (χ0) is 50.8. The molecule has 1 N–H and O–H groups in total. The molecule has 0 bridgehead atoms. The Morgan fingerprint density at radius 2 is 1.01 bits per heavy atom. The molecule has 6 rings (SSSR count). The quantitative estimate of drug-likeness (QED) is 0.120. The normalized spacial score (nSPS) is 13.7. The Morgan fingerprint density at radius 1 is 0.638 bits per heavy atom. The highest BCUT2D eigenvalue weighted by atomic mass is 35.5. The van der Waals surface area contributed by atoms with Crippen molar-refractivity contribution in [3.8, 4) is 23.7 Å². The fraction of sp³-hybridized carbons (Fsp3) is 0.388. The molecule has 0 unspecified atom stereocenters. The zero-order valence-electron chi connectivity index (χ0n) is 38.9. The lowest BCUT2D eigenvalue weighted by molar-refractivity contribution is -0.134. The molecule has 0 saturated carbocycles. The number of hydrogen-bond donors (Lipinski definition) is 1.